The number of likely N-dealkylation sites (tertiary alicyclic amines) is 1. The first-order valence-electron chi connectivity index (χ1n) is 14.1. The van der Waals surface area contributed by atoms with Crippen LogP contribution in [-0.4, -0.2) is 67.2 Å². The quantitative estimate of drug-likeness (QED) is 0.448. The number of fused-ring (bicyclic) bond motifs is 2. The minimum Gasteiger partial charge on any atom is -0.489 e. The minimum atomic E-state index is -1.29. The fourth-order valence-corrected chi connectivity index (χ4v) is 5.93. The largest absolute Gasteiger partial charge is 0.489 e. The van der Waals surface area contributed by atoms with Crippen molar-refractivity contribution in [3.05, 3.63) is 71.1 Å². The average Bonchev–Trinajstić information content (AvgIpc) is 3.71. The number of rotatable bonds is 6. The number of carboxylic acids is 1. The third-order valence-corrected chi connectivity index (χ3v) is 7.90. The third-order valence-electron chi connectivity index (χ3n) is 7.90. The Balaban J connectivity index is 1.16. The summed E-state index contributed by atoms with van der Waals surface area (Å²) in [6, 6.07) is 8.79. The van der Waals surface area contributed by atoms with E-state index in [0.29, 0.717) is 48.5 Å². The summed E-state index contributed by atoms with van der Waals surface area (Å²) in [6.07, 6.45) is 3.32. The van der Waals surface area contributed by atoms with Gasteiger partial charge in [0.2, 0.25) is 0 Å². The monoisotopic (exact) mass is 576 g/mol. The lowest BCUT2D eigenvalue weighted by atomic mass is 9.99. The number of nitrogens with zero attached hydrogens (tertiary/aromatic N) is 4. The van der Waals surface area contributed by atoms with E-state index in [-0.39, 0.29) is 29.9 Å². The van der Waals surface area contributed by atoms with E-state index in [4.69, 9.17) is 9.47 Å². The average molecular weight is 577 g/mol. The van der Waals surface area contributed by atoms with Gasteiger partial charge in [-0.15, -0.1) is 0 Å². The number of carbonyl (C=O) groups excluding carboxylic acids is 2. The van der Waals surface area contributed by atoms with Crippen molar-refractivity contribution in [1.29, 1.82) is 0 Å². The zero-order chi connectivity index (χ0) is 29.8. The number of benzene rings is 2. The Hall–Kier alpha value is -4.41. The van der Waals surface area contributed by atoms with Crippen LogP contribution >= 0.6 is 0 Å². The van der Waals surface area contributed by atoms with Crippen molar-refractivity contribution in [2.75, 3.05) is 13.1 Å². The summed E-state index contributed by atoms with van der Waals surface area (Å²) < 4.78 is 28.8. The molecule has 3 aliphatic heterocycles. The van der Waals surface area contributed by atoms with E-state index < -0.39 is 29.3 Å². The molecule has 3 aromatic rings. The third kappa shape index (κ3) is 5.19. The van der Waals surface area contributed by atoms with E-state index in [9.17, 15) is 19.5 Å². The fraction of sp³-hybridized carbons (Fsp3) is 0.419. The Morgan fingerprint density at radius 3 is 2.60 bits per heavy atom. The normalized spacial score (nSPS) is 18.7. The van der Waals surface area contributed by atoms with Crippen LogP contribution in [0.2, 0.25) is 0 Å². The number of aliphatic carboxylic acids is 1. The Morgan fingerprint density at radius 1 is 1.12 bits per heavy atom. The van der Waals surface area contributed by atoms with Crippen molar-refractivity contribution in [2.24, 2.45) is 0 Å². The number of aryl methyl sites for hydroxylation is 1. The van der Waals surface area contributed by atoms with Crippen LogP contribution in [0.3, 0.4) is 0 Å². The number of ether oxygens (including phenoxy) is 2. The molecular weight excluding hydrogens is 543 g/mol. The molecule has 0 aliphatic carbocycles. The van der Waals surface area contributed by atoms with Crippen LogP contribution < -0.4 is 4.74 Å². The van der Waals surface area contributed by atoms with Crippen molar-refractivity contribution in [2.45, 2.75) is 70.9 Å². The summed E-state index contributed by atoms with van der Waals surface area (Å²) in [5, 5.41) is 10.1. The summed E-state index contributed by atoms with van der Waals surface area (Å²) in [7, 11) is 0. The summed E-state index contributed by atoms with van der Waals surface area (Å²) in [6.45, 7) is 7.07. The molecule has 2 amide bonds. The minimum absolute atomic E-state index is 0.141. The van der Waals surface area contributed by atoms with Crippen LogP contribution in [0.4, 0.5) is 9.18 Å². The van der Waals surface area contributed by atoms with E-state index in [1.807, 2.05) is 25.3 Å². The summed E-state index contributed by atoms with van der Waals surface area (Å²) in [5.41, 5.74) is 2.10. The second-order valence-electron chi connectivity index (χ2n) is 12.0. The Morgan fingerprint density at radius 2 is 1.88 bits per heavy atom. The zero-order valence-corrected chi connectivity index (χ0v) is 23.8. The number of aromatic nitrogens is 2. The van der Waals surface area contributed by atoms with Crippen LogP contribution in [0.1, 0.15) is 67.0 Å². The molecule has 4 heterocycles. The van der Waals surface area contributed by atoms with Crippen LogP contribution in [-0.2, 0) is 29.0 Å². The standard InChI is InChI=1S/C31H33FN4O6/c1-31(2,3)42-30(40)34-12-10-21(15-34)41-20-8-6-18(7-9-20)19-13-22-23(24(32)14-19)16-36(28(22)37)27(29(38)39)26-25-5-4-11-35(25)17-33-26/h6-9,13-14,17,21,27H,4-5,10-12,15-16H2,1-3H3,(H,38,39). The number of imidazole rings is 1. The van der Waals surface area contributed by atoms with Crippen molar-refractivity contribution >= 4 is 18.0 Å². The van der Waals surface area contributed by atoms with Crippen LogP contribution in [0.5, 0.6) is 5.75 Å². The van der Waals surface area contributed by atoms with Gasteiger partial charge in [-0.25, -0.2) is 19.0 Å². The molecule has 1 aromatic heterocycles. The number of carbonyl (C=O) groups is 3. The molecule has 220 valence electrons. The SMILES string of the molecule is CC(C)(C)OC(=O)N1CCC(Oc2ccc(-c3cc(F)c4c(c3)C(=O)N(C(C(=O)O)c3ncn5c3CCC5)C4)cc2)C1. The van der Waals surface area contributed by atoms with Gasteiger partial charge in [0.05, 0.1) is 25.1 Å². The molecule has 1 saturated heterocycles. The number of hydrogen-bond acceptors (Lipinski definition) is 6. The van der Waals surface area contributed by atoms with E-state index in [1.165, 1.54) is 11.0 Å². The topological polar surface area (TPSA) is 114 Å². The number of halogens is 1. The molecule has 6 rings (SSSR count). The molecule has 0 saturated carbocycles. The predicted molar refractivity (Wildman–Crippen MR) is 149 cm³/mol. The highest BCUT2D eigenvalue weighted by atomic mass is 19.1. The van der Waals surface area contributed by atoms with Gasteiger partial charge in [0.15, 0.2) is 6.04 Å². The zero-order valence-electron chi connectivity index (χ0n) is 23.8. The highest BCUT2D eigenvalue weighted by molar-refractivity contribution is 6.01. The maximum absolute atomic E-state index is 15.4. The molecule has 2 aromatic carbocycles. The molecule has 2 unspecified atom stereocenters. The summed E-state index contributed by atoms with van der Waals surface area (Å²) >= 11 is 0. The lowest BCUT2D eigenvalue weighted by Gasteiger charge is -2.24. The van der Waals surface area contributed by atoms with E-state index in [2.05, 4.69) is 4.98 Å². The Kier molecular flexibility index (Phi) is 6.90. The van der Waals surface area contributed by atoms with Gasteiger partial charge >= 0.3 is 12.1 Å². The van der Waals surface area contributed by atoms with Gasteiger partial charge in [0.25, 0.3) is 5.91 Å². The van der Waals surface area contributed by atoms with E-state index in [0.717, 1.165) is 18.7 Å². The molecule has 0 spiro atoms. The van der Waals surface area contributed by atoms with Gasteiger partial charge in [0.1, 0.15) is 23.3 Å². The van der Waals surface area contributed by atoms with Gasteiger partial charge in [-0.3, -0.25) is 4.79 Å². The van der Waals surface area contributed by atoms with Gasteiger partial charge in [-0.05, 0) is 69.0 Å². The molecule has 1 fully saturated rings. The first-order chi connectivity index (χ1) is 20.0. The van der Waals surface area contributed by atoms with Crippen molar-refractivity contribution < 1.29 is 33.4 Å². The van der Waals surface area contributed by atoms with Crippen LogP contribution in [0.25, 0.3) is 11.1 Å². The van der Waals surface area contributed by atoms with Gasteiger partial charge in [-0.2, -0.15) is 0 Å². The molecule has 3 aliphatic rings. The fourth-order valence-electron chi connectivity index (χ4n) is 5.93. The first-order valence-corrected chi connectivity index (χ1v) is 14.1. The van der Waals surface area contributed by atoms with E-state index >= 15 is 4.39 Å². The highest BCUT2D eigenvalue weighted by Gasteiger charge is 2.42. The molecule has 0 radical (unpaired) electrons. The molecule has 0 bridgehead atoms. The molecule has 10 nitrogen and oxygen atoms in total. The molecular formula is C31H33FN4O6. The van der Waals surface area contributed by atoms with Gasteiger partial charge < -0.3 is 28.9 Å². The van der Waals surface area contributed by atoms with Gasteiger partial charge in [-0.1, -0.05) is 12.1 Å². The smallest absolute Gasteiger partial charge is 0.410 e. The predicted octanol–water partition coefficient (Wildman–Crippen LogP) is 4.81. The molecule has 1 N–H and O–H groups in total. The van der Waals surface area contributed by atoms with Gasteiger partial charge in [0, 0.05) is 36.3 Å². The van der Waals surface area contributed by atoms with E-state index in [1.54, 1.807) is 41.6 Å². The highest BCUT2D eigenvalue weighted by Crippen LogP contribution is 2.37. The van der Waals surface area contributed by atoms with Crippen molar-refractivity contribution in [1.82, 2.24) is 19.4 Å². The lowest BCUT2D eigenvalue weighted by molar-refractivity contribution is -0.142. The molecule has 42 heavy (non-hydrogen) atoms. The van der Waals surface area contributed by atoms with Crippen molar-refractivity contribution in [3.63, 3.8) is 0 Å². The molecule has 11 heteroatoms. The summed E-state index contributed by atoms with van der Waals surface area (Å²) in [5.74, 6) is -1.69. The molecule has 2 atom stereocenters. The second kappa shape index (κ2) is 10.5. The number of carboxylic acid groups (broad SMARTS) is 1. The maximum atomic E-state index is 15.4. The van der Waals surface area contributed by atoms with Crippen LogP contribution in [0.15, 0.2) is 42.7 Å². The maximum Gasteiger partial charge on any atom is 0.410 e. The number of hydrogen-bond donors (Lipinski definition) is 1. The lowest BCUT2D eigenvalue weighted by Crippen LogP contribution is -2.36. The van der Waals surface area contributed by atoms with Crippen molar-refractivity contribution in [3.8, 4) is 16.9 Å². The second-order valence-corrected chi connectivity index (χ2v) is 12.0. The Labute approximate surface area is 242 Å². The summed E-state index contributed by atoms with van der Waals surface area (Å²) in [4.78, 5) is 45.3. The Bertz CT molecular complexity index is 1560. The first kappa shape index (κ1) is 27.7. The van der Waals surface area contributed by atoms with Crippen LogP contribution in [0, 0.1) is 5.82 Å². The number of amides is 2.